The molecule has 96 valence electrons. The van der Waals surface area contributed by atoms with E-state index in [2.05, 4.69) is 18.8 Å². The first-order valence-corrected chi connectivity index (χ1v) is 7.24. The van der Waals surface area contributed by atoms with Gasteiger partial charge in [-0.25, -0.2) is 4.98 Å². The largest absolute Gasteiger partial charge is 0.343 e. The molecule has 1 heterocycles. The van der Waals surface area contributed by atoms with Gasteiger partial charge in [0.25, 0.3) is 0 Å². The van der Waals surface area contributed by atoms with Crippen molar-refractivity contribution in [3.63, 3.8) is 0 Å². The molecule has 0 unspecified atom stereocenters. The van der Waals surface area contributed by atoms with E-state index in [9.17, 15) is 4.79 Å². The van der Waals surface area contributed by atoms with E-state index < -0.39 is 0 Å². The van der Waals surface area contributed by atoms with E-state index in [0.29, 0.717) is 6.42 Å². The van der Waals surface area contributed by atoms with Gasteiger partial charge in [0.15, 0.2) is 0 Å². The molecule has 0 saturated carbocycles. The Morgan fingerprint density at radius 2 is 2.00 bits per heavy atom. The first-order valence-electron chi connectivity index (χ1n) is 6.36. The van der Waals surface area contributed by atoms with Crippen molar-refractivity contribution in [2.24, 2.45) is 0 Å². The second kappa shape index (κ2) is 7.43. The second-order valence-electron chi connectivity index (χ2n) is 4.24. The summed E-state index contributed by atoms with van der Waals surface area (Å²) < 4.78 is 0. The smallest absolute Gasteiger partial charge is 0.222 e. The maximum Gasteiger partial charge on any atom is 0.222 e. The molecule has 0 aromatic carbocycles. The number of hydrogen-bond donors (Lipinski definition) is 0. The zero-order valence-corrected chi connectivity index (χ0v) is 11.8. The molecule has 0 aliphatic heterocycles. The van der Waals surface area contributed by atoms with Gasteiger partial charge in [0.2, 0.25) is 5.91 Å². The van der Waals surface area contributed by atoms with Gasteiger partial charge < -0.3 is 4.90 Å². The van der Waals surface area contributed by atoms with Gasteiger partial charge in [-0.15, -0.1) is 11.3 Å². The molecule has 3 nitrogen and oxygen atoms in total. The number of hydrogen-bond acceptors (Lipinski definition) is 3. The average molecular weight is 254 g/mol. The van der Waals surface area contributed by atoms with Crippen LogP contribution in [-0.4, -0.2) is 28.9 Å². The molecule has 0 aliphatic carbocycles. The Bertz CT molecular complexity index is 343. The quantitative estimate of drug-likeness (QED) is 0.749. The highest BCUT2D eigenvalue weighted by atomic mass is 32.1. The molecule has 0 atom stereocenters. The van der Waals surface area contributed by atoms with Crippen molar-refractivity contribution in [2.75, 3.05) is 13.1 Å². The molecule has 1 aromatic heterocycles. The average Bonchev–Trinajstić information content (AvgIpc) is 2.72. The number of aromatic nitrogens is 1. The van der Waals surface area contributed by atoms with Gasteiger partial charge in [-0.05, 0) is 26.2 Å². The Labute approximate surface area is 108 Å². The van der Waals surface area contributed by atoms with Crippen LogP contribution >= 0.6 is 11.3 Å². The molecule has 1 rings (SSSR count). The van der Waals surface area contributed by atoms with E-state index in [1.807, 2.05) is 17.2 Å². The van der Waals surface area contributed by atoms with E-state index in [1.165, 1.54) is 0 Å². The number of nitrogens with zero attached hydrogens (tertiary/aromatic N) is 2. The Hall–Kier alpha value is -0.900. The van der Waals surface area contributed by atoms with Gasteiger partial charge in [-0.3, -0.25) is 4.79 Å². The lowest BCUT2D eigenvalue weighted by Crippen LogP contribution is -2.32. The maximum atomic E-state index is 12.0. The highest BCUT2D eigenvalue weighted by molar-refractivity contribution is 7.09. The third-order valence-corrected chi connectivity index (χ3v) is 3.42. The lowest BCUT2D eigenvalue weighted by molar-refractivity contribution is -0.131. The monoisotopic (exact) mass is 254 g/mol. The van der Waals surface area contributed by atoms with Crippen molar-refractivity contribution in [3.05, 3.63) is 16.1 Å². The summed E-state index contributed by atoms with van der Waals surface area (Å²) in [6.07, 6.45) is 3.42. The number of carbonyl (C=O) groups is 1. The molecule has 0 saturated heterocycles. The number of carbonyl (C=O) groups excluding carboxylic acids is 1. The standard InChI is InChI=1S/C13H22N2OS/c1-4-8-15(9-5-2)13(16)7-6-12-10-17-11(3)14-12/h10H,4-9H2,1-3H3. The maximum absolute atomic E-state index is 12.0. The summed E-state index contributed by atoms with van der Waals surface area (Å²) in [6, 6.07) is 0. The molecule has 0 radical (unpaired) electrons. The first-order chi connectivity index (χ1) is 8.17. The molecular formula is C13H22N2OS. The topological polar surface area (TPSA) is 33.2 Å². The van der Waals surface area contributed by atoms with Crippen LogP contribution in [0.5, 0.6) is 0 Å². The molecule has 1 aromatic rings. The fraction of sp³-hybridized carbons (Fsp3) is 0.692. The highest BCUT2D eigenvalue weighted by Crippen LogP contribution is 2.10. The Morgan fingerprint density at radius 1 is 1.35 bits per heavy atom. The van der Waals surface area contributed by atoms with Gasteiger partial charge >= 0.3 is 0 Å². The number of aryl methyl sites for hydroxylation is 2. The van der Waals surface area contributed by atoms with Gasteiger partial charge in [-0.1, -0.05) is 13.8 Å². The van der Waals surface area contributed by atoms with Crippen LogP contribution in [0.2, 0.25) is 0 Å². The Morgan fingerprint density at radius 3 is 2.47 bits per heavy atom. The van der Waals surface area contributed by atoms with Crippen molar-refractivity contribution in [1.82, 2.24) is 9.88 Å². The van der Waals surface area contributed by atoms with Gasteiger partial charge in [0.05, 0.1) is 10.7 Å². The minimum atomic E-state index is 0.263. The van der Waals surface area contributed by atoms with Crippen LogP contribution < -0.4 is 0 Å². The molecule has 0 N–H and O–H groups in total. The zero-order chi connectivity index (χ0) is 12.7. The van der Waals surface area contributed by atoms with Crippen LogP contribution in [0.4, 0.5) is 0 Å². The Kier molecular flexibility index (Phi) is 6.19. The molecular weight excluding hydrogens is 232 g/mol. The predicted octanol–water partition coefficient (Wildman–Crippen LogP) is 3.03. The lowest BCUT2D eigenvalue weighted by Gasteiger charge is -2.21. The Balaban J connectivity index is 2.41. The van der Waals surface area contributed by atoms with Gasteiger partial charge in [0.1, 0.15) is 0 Å². The van der Waals surface area contributed by atoms with E-state index in [0.717, 1.165) is 43.1 Å². The third kappa shape index (κ3) is 4.86. The molecule has 0 fully saturated rings. The molecule has 0 spiro atoms. The summed E-state index contributed by atoms with van der Waals surface area (Å²) in [5, 5.41) is 3.12. The van der Waals surface area contributed by atoms with Crippen molar-refractivity contribution in [1.29, 1.82) is 0 Å². The summed E-state index contributed by atoms with van der Waals surface area (Å²) >= 11 is 1.65. The van der Waals surface area contributed by atoms with E-state index in [1.54, 1.807) is 11.3 Å². The predicted molar refractivity (Wildman–Crippen MR) is 72.3 cm³/mol. The summed E-state index contributed by atoms with van der Waals surface area (Å²) in [7, 11) is 0. The van der Waals surface area contributed by atoms with Crippen LogP contribution in [0.15, 0.2) is 5.38 Å². The lowest BCUT2D eigenvalue weighted by atomic mass is 10.2. The fourth-order valence-corrected chi connectivity index (χ4v) is 2.46. The van der Waals surface area contributed by atoms with Crippen LogP contribution in [0.25, 0.3) is 0 Å². The molecule has 0 aliphatic rings. The van der Waals surface area contributed by atoms with Crippen molar-refractivity contribution >= 4 is 17.2 Å². The molecule has 1 amide bonds. The van der Waals surface area contributed by atoms with Gasteiger partial charge in [-0.2, -0.15) is 0 Å². The summed E-state index contributed by atoms with van der Waals surface area (Å²) in [5.74, 6) is 0.263. The van der Waals surface area contributed by atoms with Crippen LogP contribution in [0, 0.1) is 6.92 Å². The zero-order valence-electron chi connectivity index (χ0n) is 11.0. The fourth-order valence-electron chi connectivity index (χ4n) is 1.82. The SMILES string of the molecule is CCCN(CCC)C(=O)CCc1csc(C)n1. The summed E-state index contributed by atoms with van der Waals surface area (Å²) in [5.41, 5.74) is 1.05. The van der Waals surface area contributed by atoms with Crippen molar-refractivity contribution < 1.29 is 4.79 Å². The normalized spacial score (nSPS) is 10.5. The number of thiazole rings is 1. The van der Waals surface area contributed by atoms with Crippen molar-refractivity contribution in [3.8, 4) is 0 Å². The molecule has 17 heavy (non-hydrogen) atoms. The van der Waals surface area contributed by atoms with E-state index in [4.69, 9.17) is 0 Å². The summed E-state index contributed by atoms with van der Waals surface area (Å²) in [6.45, 7) is 7.97. The van der Waals surface area contributed by atoms with Crippen LogP contribution in [0.3, 0.4) is 0 Å². The van der Waals surface area contributed by atoms with E-state index >= 15 is 0 Å². The van der Waals surface area contributed by atoms with Crippen molar-refractivity contribution in [2.45, 2.75) is 46.5 Å². The van der Waals surface area contributed by atoms with E-state index in [-0.39, 0.29) is 5.91 Å². The van der Waals surface area contributed by atoms with Crippen LogP contribution in [0.1, 0.15) is 43.8 Å². The third-order valence-electron chi connectivity index (χ3n) is 2.60. The van der Waals surface area contributed by atoms with Gasteiger partial charge in [0, 0.05) is 24.9 Å². The highest BCUT2D eigenvalue weighted by Gasteiger charge is 2.12. The molecule has 4 heteroatoms. The second-order valence-corrected chi connectivity index (χ2v) is 5.30. The number of rotatable bonds is 7. The molecule has 0 bridgehead atoms. The summed E-state index contributed by atoms with van der Waals surface area (Å²) in [4.78, 5) is 18.4. The van der Waals surface area contributed by atoms with Crippen LogP contribution in [-0.2, 0) is 11.2 Å². The first kappa shape index (κ1) is 14.2. The minimum absolute atomic E-state index is 0.263. The minimum Gasteiger partial charge on any atom is -0.343 e. The number of amides is 1.